The third kappa shape index (κ3) is 3.36. The van der Waals surface area contributed by atoms with Crippen LogP contribution in [0.4, 0.5) is 8.78 Å². The van der Waals surface area contributed by atoms with Crippen LogP contribution in [0.5, 0.6) is 0 Å². The lowest BCUT2D eigenvalue weighted by Crippen LogP contribution is -2.45. The summed E-state index contributed by atoms with van der Waals surface area (Å²) in [5, 5.41) is 10.5. The molecule has 1 aliphatic carbocycles. The van der Waals surface area contributed by atoms with E-state index in [1.165, 1.54) is 12.1 Å². The number of rotatable bonds is 4. The fourth-order valence-electron chi connectivity index (χ4n) is 3.08. The fraction of sp³-hybridized carbons (Fsp3) is 0.625. The molecule has 1 aromatic rings. The first-order valence-corrected chi connectivity index (χ1v) is 7.24. The number of hydrogen-bond acceptors (Lipinski definition) is 2. The van der Waals surface area contributed by atoms with E-state index in [2.05, 4.69) is 0 Å². The Kier molecular flexibility index (Phi) is 5.11. The molecule has 0 amide bonds. The molecule has 1 saturated carbocycles. The van der Waals surface area contributed by atoms with E-state index >= 15 is 0 Å². The topological polar surface area (TPSA) is 29.5 Å². The van der Waals surface area contributed by atoms with E-state index in [9.17, 15) is 13.9 Å². The zero-order chi connectivity index (χ0) is 14.6. The molecule has 0 heterocycles. The lowest BCUT2D eigenvalue weighted by molar-refractivity contribution is -0.111. The van der Waals surface area contributed by atoms with Gasteiger partial charge in [-0.25, -0.2) is 8.78 Å². The lowest BCUT2D eigenvalue weighted by atomic mass is 9.84. The first-order valence-electron chi connectivity index (χ1n) is 7.24. The minimum Gasteiger partial charge on any atom is -0.390 e. The first kappa shape index (κ1) is 15.4. The van der Waals surface area contributed by atoms with Gasteiger partial charge in [-0.1, -0.05) is 31.7 Å². The van der Waals surface area contributed by atoms with Crippen molar-refractivity contribution in [3.63, 3.8) is 0 Å². The summed E-state index contributed by atoms with van der Waals surface area (Å²) in [4.78, 5) is 0. The van der Waals surface area contributed by atoms with Gasteiger partial charge in [0.1, 0.15) is 11.6 Å². The van der Waals surface area contributed by atoms with Crippen LogP contribution in [0.2, 0.25) is 0 Å². The smallest absolute Gasteiger partial charge is 0.129 e. The van der Waals surface area contributed by atoms with E-state index in [1.807, 2.05) is 0 Å². The van der Waals surface area contributed by atoms with E-state index in [4.69, 9.17) is 4.74 Å². The molecule has 0 saturated heterocycles. The van der Waals surface area contributed by atoms with E-state index in [1.54, 1.807) is 7.11 Å². The Morgan fingerprint density at radius 1 is 1.20 bits per heavy atom. The number of ether oxygens (including phenoxy) is 1. The normalized spacial score (nSPS) is 20.4. The average molecular weight is 284 g/mol. The predicted octanol–water partition coefficient (Wildman–Crippen LogP) is 3.61. The van der Waals surface area contributed by atoms with Crippen molar-refractivity contribution in [1.29, 1.82) is 0 Å². The summed E-state index contributed by atoms with van der Waals surface area (Å²) in [5.41, 5.74) is -0.267. The third-order valence-electron chi connectivity index (χ3n) is 4.39. The fourth-order valence-corrected chi connectivity index (χ4v) is 3.08. The molecule has 0 spiro atoms. The molecular weight excluding hydrogens is 262 g/mol. The number of benzene rings is 1. The Labute approximate surface area is 118 Å². The second kappa shape index (κ2) is 6.64. The Bertz CT molecular complexity index is 440. The summed E-state index contributed by atoms with van der Waals surface area (Å²) in [5.74, 6) is -1.21. The van der Waals surface area contributed by atoms with Gasteiger partial charge in [0.15, 0.2) is 0 Å². The number of aliphatic hydroxyl groups excluding tert-OH is 1. The summed E-state index contributed by atoms with van der Waals surface area (Å²) in [6.07, 6.45) is 5.26. The maximum absolute atomic E-state index is 13.7. The number of halogens is 2. The summed E-state index contributed by atoms with van der Waals surface area (Å²) in [6.45, 7) is 0. The Balaban J connectivity index is 2.13. The molecule has 112 valence electrons. The zero-order valence-corrected chi connectivity index (χ0v) is 11.9. The van der Waals surface area contributed by atoms with E-state index in [0.717, 1.165) is 44.6 Å². The van der Waals surface area contributed by atoms with Crippen LogP contribution in [0.25, 0.3) is 0 Å². The summed E-state index contributed by atoms with van der Waals surface area (Å²) >= 11 is 0. The Morgan fingerprint density at radius 2 is 1.85 bits per heavy atom. The molecule has 0 bridgehead atoms. The number of aliphatic hydroxyl groups is 1. The maximum atomic E-state index is 13.7. The van der Waals surface area contributed by atoms with Gasteiger partial charge in [0.25, 0.3) is 0 Å². The first-order chi connectivity index (χ1) is 9.57. The molecule has 0 aromatic heterocycles. The molecule has 1 aromatic carbocycles. The SMILES string of the molecule is COC1(C(O)Cc2ccc(F)cc2F)CCCCCC1. The van der Waals surface area contributed by atoms with Gasteiger partial charge in [0.05, 0.1) is 11.7 Å². The molecule has 0 radical (unpaired) electrons. The molecule has 2 rings (SSSR count). The maximum Gasteiger partial charge on any atom is 0.129 e. The van der Waals surface area contributed by atoms with Gasteiger partial charge in [-0.05, 0) is 24.5 Å². The van der Waals surface area contributed by atoms with Crippen molar-refractivity contribution in [3.8, 4) is 0 Å². The average Bonchev–Trinajstić information content (AvgIpc) is 2.68. The second-order valence-corrected chi connectivity index (χ2v) is 5.64. The summed E-state index contributed by atoms with van der Waals surface area (Å²) in [7, 11) is 1.61. The van der Waals surface area contributed by atoms with Crippen molar-refractivity contribution >= 4 is 0 Å². The number of hydrogen-bond donors (Lipinski definition) is 1. The van der Waals surface area contributed by atoms with Crippen molar-refractivity contribution in [2.24, 2.45) is 0 Å². The van der Waals surface area contributed by atoms with E-state index in [-0.39, 0.29) is 6.42 Å². The van der Waals surface area contributed by atoms with Crippen molar-refractivity contribution in [3.05, 3.63) is 35.4 Å². The van der Waals surface area contributed by atoms with Gasteiger partial charge in [-0.3, -0.25) is 0 Å². The quantitative estimate of drug-likeness (QED) is 0.856. The molecule has 1 N–H and O–H groups in total. The standard InChI is InChI=1S/C16H22F2O2/c1-20-16(8-4-2-3-5-9-16)15(19)10-12-6-7-13(17)11-14(12)18/h6-7,11,15,19H,2-5,8-10H2,1H3. The van der Waals surface area contributed by atoms with Gasteiger partial charge in [-0.2, -0.15) is 0 Å². The van der Waals surface area contributed by atoms with Crippen molar-refractivity contribution in [2.75, 3.05) is 7.11 Å². The largest absolute Gasteiger partial charge is 0.390 e. The molecule has 1 fully saturated rings. The van der Waals surface area contributed by atoms with Crippen LogP contribution in [0.3, 0.4) is 0 Å². The highest BCUT2D eigenvalue weighted by atomic mass is 19.1. The molecule has 1 atom stereocenters. The Hall–Kier alpha value is -1.00. The number of methoxy groups -OCH3 is 1. The Morgan fingerprint density at radius 3 is 2.40 bits per heavy atom. The van der Waals surface area contributed by atoms with Crippen LogP contribution in [0.15, 0.2) is 18.2 Å². The molecule has 20 heavy (non-hydrogen) atoms. The van der Waals surface area contributed by atoms with Crippen LogP contribution in [0, 0.1) is 11.6 Å². The highest BCUT2D eigenvalue weighted by Gasteiger charge is 2.38. The molecule has 1 unspecified atom stereocenters. The highest BCUT2D eigenvalue weighted by molar-refractivity contribution is 5.20. The minimum atomic E-state index is -0.773. The van der Waals surface area contributed by atoms with Crippen molar-refractivity contribution in [2.45, 2.75) is 56.7 Å². The summed E-state index contributed by atoms with van der Waals surface area (Å²) in [6, 6.07) is 3.47. The molecular formula is C16H22F2O2. The van der Waals surface area contributed by atoms with Gasteiger partial charge in [0.2, 0.25) is 0 Å². The van der Waals surface area contributed by atoms with Crippen LogP contribution in [-0.4, -0.2) is 23.9 Å². The van der Waals surface area contributed by atoms with Crippen LogP contribution in [0.1, 0.15) is 44.1 Å². The molecule has 4 heteroatoms. The second-order valence-electron chi connectivity index (χ2n) is 5.64. The molecule has 1 aliphatic rings. The molecule has 0 aliphatic heterocycles. The predicted molar refractivity (Wildman–Crippen MR) is 73.5 cm³/mol. The minimum absolute atomic E-state index is 0.153. The third-order valence-corrected chi connectivity index (χ3v) is 4.39. The zero-order valence-electron chi connectivity index (χ0n) is 11.9. The van der Waals surface area contributed by atoms with Gasteiger partial charge in [-0.15, -0.1) is 0 Å². The summed E-state index contributed by atoms with van der Waals surface area (Å²) < 4.78 is 32.2. The van der Waals surface area contributed by atoms with Crippen molar-refractivity contribution < 1.29 is 18.6 Å². The van der Waals surface area contributed by atoms with Crippen LogP contribution in [-0.2, 0) is 11.2 Å². The van der Waals surface area contributed by atoms with Gasteiger partial charge in [0, 0.05) is 19.6 Å². The lowest BCUT2D eigenvalue weighted by Gasteiger charge is -2.36. The van der Waals surface area contributed by atoms with E-state index in [0.29, 0.717) is 5.56 Å². The highest BCUT2D eigenvalue weighted by Crippen LogP contribution is 2.34. The van der Waals surface area contributed by atoms with E-state index < -0.39 is 23.3 Å². The van der Waals surface area contributed by atoms with Gasteiger partial charge < -0.3 is 9.84 Å². The van der Waals surface area contributed by atoms with Crippen LogP contribution < -0.4 is 0 Å². The monoisotopic (exact) mass is 284 g/mol. The van der Waals surface area contributed by atoms with Gasteiger partial charge >= 0.3 is 0 Å². The van der Waals surface area contributed by atoms with Crippen molar-refractivity contribution in [1.82, 2.24) is 0 Å². The molecule has 2 nitrogen and oxygen atoms in total. The van der Waals surface area contributed by atoms with Crippen LogP contribution >= 0.6 is 0 Å².